The number of nitrogens with zero attached hydrogens (tertiary/aromatic N) is 4. The predicted molar refractivity (Wildman–Crippen MR) is 92.3 cm³/mol. The maximum atomic E-state index is 12.4. The van der Waals surface area contributed by atoms with E-state index in [9.17, 15) is 4.79 Å². The molecule has 2 N–H and O–H groups in total. The lowest BCUT2D eigenvalue weighted by molar-refractivity contribution is -0.144. The smallest absolute Gasteiger partial charge is 0.251 e. The molecule has 2 atom stereocenters. The summed E-state index contributed by atoms with van der Waals surface area (Å²) < 4.78 is 10.8. The maximum Gasteiger partial charge on any atom is 0.251 e. The number of rotatable bonds is 4. The molecular formula is C14H25Cl2N5O3. The number of aryl methyl sites for hydroxylation is 1. The third-order valence-corrected chi connectivity index (χ3v) is 4.26. The van der Waals surface area contributed by atoms with Crippen molar-refractivity contribution >= 4 is 30.7 Å². The van der Waals surface area contributed by atoms with Gasteiger partial charge in [0.05, 0.1) is 12.6 Å². The molecule has 1 aromatic heterocycles. The lowest BCUT2D eigenvalue weighted by Crippen LogP contribution is -2.51. The Morgan fingerprint density at radius 2 is 1.96 bits per heavy atom. The van der Waals surface area contributed by atoms with Gasteiger partial charge < -0.3 is 19.9 Å². The van der Waals surface area contributed by atoms with Crippen LogP contribution >= 0.6 is 24.8 Å². The van der Waals surface area contributed by atoms with Crippen molar-refractivity contribution in [1.82, 2.24) is 19.9 Å². The Balaban J connectivity index is 0.00000144. The molecule has 0 bridgehead atoms. The highest BCUT2D eigenvalue weighted by molar-refractivity contribution is 5.85. The summed E-state index contributed by atoms with van der Waals surface area (Å²) in [6.07, 6.45) is 1.39. The second-order valence-electron chi connectivity index (χ2n) is 5.90. The monoisotopic (exact) mass is 381 g/mol. The third-order valence-electron chi connectivity index (χ3n) is 4.26. The number of hydrogen-bond acceptors (Lipinski definition) is 7. The fourth-order valence-corrected chi connectivity index (χ4v) is 2.99. The van der Waals surface area contributed by atoms with E-state index in [0.717, 1.165) is 25.9 Å². The van der Waals surface area contributed by atoms with Gasteiger partial charge in [-0.05, 0) is 19.8 Å². The first-order chi connectivity index (χ1) is 10.7. The molecule has 3 rings (SSSR count). The summed E-state index contributed by atoms with van der Waals surface area (Å²) >= 11 is 0. The average molecular weight is 382 g/mol. The summed E-state index contributed by atoms with van der Waals surface area (Å²) in [5, 5.41) is 3.79. The molecule has 2 aliphatic rings. The minimum atomic E-state index is -0.307. The molecule has 1 aromatic rings. The van der Waals surface area contributed by atoms with Crippen LogP contribution in [0, 0.1) is 6.92 Å². The van der Waals surface area contributed by atoms with Crippen molar-refractivity contribution in [3.8, 4) is 0 Å². The molecule has 0 spiro atoms. The Morgan fingerprint density at radius 3 is 2.50 bits per heavy atom. The number of amides is 1. The molecule has 8 nitrogen and oxygen atoms in total. The van der Waals surface area contributed by atoms with Crippen LogP contribution in [-0.4, -0.2) is 70.8 Å². The number of nitrogens with two attached hydrogens (primary N) is 1. The van der Waals surface area contributed by atoms with Gasteiger partial charge in [0.15, 0.2) is 5.82 Å². The van der Waals surface area contributed by atoms with E-state index in [1.807, 2.05) is 4.90 Å². The van der Waals surface area contributed by atoms with Gasteiger partial charge in [0.25, 0.3) is 5.91 Å². The molecule has 0 saturated carbocycles. The topological polar surface area (TPSA) is 97.7 Å². The van der Waals surface area contributed by atoms with E-state index in [4.69, 9.17) is 15.0 Å². The van der Waals surface area contributed by atoms with Crippen molar-refractivity contribution in [3.05, 3.63) is 11.7 Å². The first-order valence-electron chi connectivity index (χ1n) is 7.81. The minimum absolute atomic E-state index is 0. The molecule has 0 aromatic carbocycles. The number of aromatic nitrogens is 2. The molecule has 0 radical (unpaired) electrons. The van der Waals surface area contributed by atoms with Crippen LogP contribution in [0.4, 0.5) is 0 Å². The summed E-state index contributed by atoms with van der Waals surface area (Å²) in [5.41, 5.74) is 5.59. The van der Waals surface area contributed by atoms with E-state index in [1.54, 1.807) is 6.92 Å². The van der Waals surface area contributed by atoms with Crippen LogP contribution in [0.25, 0.3) is 0 Å². The standard InChI is InChI=1S/C14H23N5O3.2ClH/c1-10-16-13(22-17-10)9-18-4-6-19(7-5-18)14(20)12-3-2-11(8-15)21-12;;/h11-12H,2-9,15H2,1H3;2*1H/t11-,12+;;/m1../s1. The van der Waals surface area contributed by atoms with Crippen molar-refractivity contribution < 1.29 is 14.1 Å². The van der Waals surface area contributed by atoms with Crippen molar-refractivity contribution in [1.29, 1.82) is 0 Å². The van der Waals surface area contributed by atoms with Gasteiger partial charge in [-0.1, -0.05) is 5.16 Å². The van der Waals surface area contributed by atoms with E-state index >= 15 is 0 Å². The van der Waals surface area contributed by atoms with Gasteiger partial charge in [-0.15, -0.1) is 24.8 Å². The number of carbonyl (C=O) groups excluding carboxylic acids is 1. The zero-order chi connectivity index (χ0) is 15.5. The second-order valence-corrected chi connectivity index (χ2v) is 5.90. The van der Waals surface area contributed by atoms with Gasteiger partial charge in [0.2, 0.25) is 5.89 Å². The molecule has 1 amide bonds. The quantitative estimate of drug-likeness (QED) is 0.804. The van der Waals surface area contributed by atoms with Gasteiger partial charge in [-0.2, -0.15) is 4.98 Å². The SMILES string of the molecule is Cc1noc(CN2CCN(C(=O)[C@@H]3CC[C@H](CN)O3)CC2)n1.Cl.Cl. The molecule has 24 heavy (non-hydrogen) atoms. The molecule has 10 heteroatoms. The molecule has 0 unspecified atom stereocenters. The van der Waals surface area contributed by atoms with E-state index in [-0.39, 0.29) is 42.9 Å². The summed E-state index contributed by atoms with van der Waals surface area (Å²) in [5.74, 6) is 1.38. The molecule has 0 aliphatic carbocycles. The van der Waals surface area contributed by atoms with E-state index in [0.29, 0.717) is 37.9 Å². The summed E-state index contributed by atoms with van der Waals surface area (Å²) in [6, 6.07) is 0. The normalized spacial score (nSPS) is 24.3. The van der Waals surface area contributed by atoms with Crippen molar-refractivity contribution in [3.63, 3.8) is 0 Å². The highest BCUT2D eigenvalue weighted by atomic mass is 35.5. The van der Waals surface area contributed by atoms with Crippen LogP contribution in [0.5, 0.6) is 0 Å². The van der Waals surface area contributed by atoms with E-state index in [1.165, 1.54) is 0 Å². The minimum Gasteiger partial charge on any atom is -0.364 e. The van der Waals surface area contributed by atoms with E-state index < -0.39 is 0 Å². The Hall–Kier alpha value is -0.930. The van der Waals surface area contributed by atoms with Crippen LogP contribution in [0.2, 0.25) is 0 Å². The average Bonchev–Trinajstić information content (AvgIpc) is 3.16. The summed E-state index contributed by atoms with van der Waals surface area (Å²) in [6.45, 7) is 5.96. The van der Waals surface area contributed by atoms with Gasteiger partial charge >= 0.3 is 0 Å². The van der Waals surface area contributed by atoms with Gasteiger partial charge in [-0.3, -0.25) is 9.69 Å². The van der Waals surface area contributed by atoms with Crippen molar-refractivity contribution in [2.24, 2.45) is 5.73 Å². The fraction of sp³-hybridized carbons (Fsp3) is 0.786. The molecule has 138 valence electrons. The third kappa shape index (κ3) is 5.03. The summed E-state index contributed by atoms with van der Waals surface area (Å²) in [7, 11) is 0. The Labute approximate surface area is 153 Å². The first-order valence-corrected chi connectivity index (χ1v) is 7.81. The van der Waals surface area contributed by atoms with Crippen molar-refractivity contribution in [2.45, 2.75) is 38.5 Å². The van der Waals surface area contributed by atoms with Crippen LogP contribution in [0.3, 0.4) is 0 Å². The van der Waals surface area contributed by atoms with E-state index in [2.05, 4.69) is 15.0 Å². The highest BCUT2D eigenvalue weighted by Gasteiger charge is 2.34. The zero-order valence-electron chi connectivity index (χ0n) is 13.7. The second kappa shape index (κ2) is 9.53. The number of piperazine rings is 1. The maximum absolute atomic E-state index is 12.4. The van der Waals surface area contributed by atoms with Gasteiger partial charge in [0.1, 0.15) is 6.10 Å². The van der Waals surface area contributed by atoms with Crippen molar-refractivity contribution in [2.75, 3.05) is 32.7 Å². The van der Waals surface area contributed by atoms with Crippen LogP contribution < -0.4 is 5.73 Å². The largest absolute Gasteiger partial charge is 0.364 e. The fourth-order valence-electron chi connectivity index (χ4n) is 2.99. The van der Waals surface area contributed by atoms with Crippen LogP contribution in [0.15, 0.2) is 4.52 Å². The van der Waals surface area contributed by atoms with Crippen LogP contribution in [-0.2, 0) is 16.1 Å². The Kier molecular flexibility index (Phi) is 8.38. The molecule has 2 saturated heterocycles. The summed E-state index contributed by atoms with van der Waals surface area (Å²) in [4.78, 5) is 20.7. The number of carbonyl (C=O) groups is 1. The number of ether oxygens (including phenoxy) is 1. The molecular weight excluding hydrogens is 357 g/mol. The lowest BCUT2D eigenvalue weighted by Gasteiger charge is -2.35. The lowest BCUT2D eigenvalue weighted by atomic mass is 10.1. The molecule has 2 fully saturated rings. The van der Waals surface area contributed by atoms with Gasteiger partial charge in [0, 0.05) is 32.7 Å². The van der Waals surface area contributed by atoms with Gasteiger partial charge in [-0.25, -0.2) is 0 Å². The highest BCUT2D eigenvalue weighted by Crippen LogP contribution is 2.21. The Bertz CT molecular complexity index is 522. The molecule has 2 aliphatic heterocycles. The first kappa shape index (κ1) is 21.1. The predicted octanol–water partition coefficient (Wildman–Crippen LogP) is 0.372. The zero-order valence-corrected chi connectivity index (χ0v) is 15.4. The number of halogens is 2. The number of hydrogen-bond donors (Lipinski definition) is 1. The van der Waals surface area contributed by atoms with Crippen LogP contribution in [0.1, 0.15) is 24.6 Å². The molecule has 3 heterocycles. The Morgan fingerprint density at radius 1 is 1.25 bits per heavy atom.